The van der Waals surface area contributed by atoms with Gasteiger partial charge in [-0.25, -0.2) is 9.37 Å². The number of carbonyl (C=O) groups is 1. The van der Waals surface area contributed by atoms with Crippen molar-refractivity contribution in [2.45, 2.75) is 6.54 Å². The number of nitrogens with zero attached hydrogens (tertiary/aromatic N) is 5. The van der Waals surface area contributed by atoms with E-state index in [0.29, 0.717) is 16.4 Å². The molecular weight excluding hydrogens is 387 g/mol. The third kappa shape index (κ3) is 3.47. The van der Waals surface area contributed by atoms with Gasteiger partial charge in [0.15, 0.2) is 11.2 Å². The highest BCUT2D eigenvalue weighted by atomic mass is 35.5. The Morgan fingerprint density at radius 2 is 1.96 bits per heavy atom. The fourth-order valence-electron chi connectivity index (χ4n) is 2.63. The molecule has 4 rings (SSSR count). The van der Waals surface area contributed by atoms with Crippen LogP contribution in [0, 0.1) is 5.82 Å². The van der Waals surface area contributed by atoms with Crippen LogP contribution in [0.4, 0.5) is 10.1 Å². The van der Waals surface area contributed by atoms with Crippen molar-refractivity contribution >= 4 is 34.4 Å². The summed E-state index contributed by atoms with van der Waals surface area (Å²) in [6.45, 7) is -0.252. The Labute approximate surface area is 162 Å². The molecule has 0 aliphatic heterocycles. The fourth-order valence-corrected chi connectivity index (χ4v) is 2.82. The molecule has 8 nitrogen and oxygen atoms in total. The second-order valence-corrected chi connectivity index (χ2v) is 6.32. The lowest BCUT2D eigenvalue weighted by Gasteiger charge is -2.07. The van der Waals surface area contributed by atoms with E-state index in [0.717, 1.165) is 4.57 Å². The zero-order valence-corrected chi connectivity index (χ0v) is 15.0. The van der Waals surface area contributed by atoms with Gasteiger partial charge in [-0.15, -0.1) is 5.10 Å². The molecule has 1 amide bonds. The third-order valence-corrected chi connectivity index (χ3v) is 4.16. The Balaban J connectivity index is 1.61. The fraction of sp³-hybridized carbons (Fsp3) is 0.0556. The minimum Gasteiger partial charge on any atom is -0.324 e. The van der Waals surface area contributed by atoms with Crippen molar-refractivity contribution in [3.63, 3.8) is 0 Å². The Kier molecular flexibility index (Phi) is 4.58. The summed E-state index contributed by atoms with van der Waals surface area (Å²) in [5.41, 5.74) is 0.721. The minimum absolute atomic E-state index is 0.00220. The van der Waals surface area contributed by atoms with Crippen LogP contribution in [0.1, 0.15) is 0 Å². The van der Waals surface area contributed by atoms with Gasteiger partial charge in [-0.1, -0.05) is 22.9 Å². The third-order valence-electron chi connectivity index (χ3n) is 3.92. The van der Waals surface area contributed by atoms with E-state index in [1.807, 2.05) is 0 Å². The molecule has 140 valence electrons. The Morgan fingerprint density at radius 1 is 1.18 bits per heavy atom. The highest BCUT2D eigenvalue weighted by molar-refractivity contribution is 6.30. The van der Waals surface area contributed by atoms with E-state index < -0.39 is 17.3 Å². The number of rotatable bonds is 4. The number of nitrogens with one attached hydrogen (secondary N) is 1. The molecule has 4 aromatic rings. The van der Waals surface area contributed by atoms with Crippen molar-refractivity contribution in [1.29, 1.82) is 0 Å². The summed E-state index contributed by atoms with van der Waals surface area (Å²) >= 11 is 5.89. The van der Waals surface area contributed by atoms with Gasteiger partial charge < -0.3 is 5.32 Å². The topological polar surface area (TPSA) is 94.7 Å². The van der Waals surface area contributed by atoms with Gasteiger partial charge in [0.1, 0.15) is 18.7 Å². The van der Waals surface area contributed by atoms with Gasteiger partial charge in [0.25, 0.3) is 5.56 Å². The highest BCUT2D eigenvalue weighted by Crippen LogP contribution is 2.15. The maximum absolute atomic E-state index is 13.1. The molecule has 2 heterocycles. The van der Waals surface area contributed by atoms with Crippen LogP contribution in [0.2, 0.25) is 5.02 Å². The van der Waals surface area contributed by atoms with Crippen LogP contribution in [0.5, 0.6) is 0 Å². The van der Waals surface area contributed by atoms with E-state index in [9.17, 15) is 14.0 Å². The van der Waals surface area contributed by atoms with E-state index in [2.05, 4.69) is 20.6 Å². The normalized spacial score (nSPS) is 10.9. The van der Waals surface area contributed by atoms with E-state index in [1.54, 1.807) is 24.3 Å². The highest BCUT2D eigenvalue weighted by Gasteiger charge is 2.15. The number of hydrogen-bond donors (Lipinski definition) is 1. The van der Waals surface area contributed by atoms with Crippen LogP contribution in [0.3, 0.4) is 0 Å². The number of carbonyl (C=O) groups excluding carboxylic acids is 1. The Hall–Kier alpha value is -3.59. The molecule has 1 N–H and O–H groups in total. The van der Waals surface area contributed by atoms with Crippen molar-refractivity contribution in [1.82, 2.24) is 24.5 Å². The number of amides is 1. The predicted octanol–water partition coefficient (Wildman–Crippen LogP) is 2.41. The first-order chi connectivity index (χ1) is 13.5. The molecule has 0 unspecified atom stereocenters. The lowest BCUT2D eigenvalue weighted by Crippen LogP contribution is -2.28. The summed E-state index contributed by atoms with van der Waals surface area (Å²) in [6.07, 6.45) is 1.24. The van der Waals surface area contributed by atoms with Gasteiger partial charge in [0, 0.05) is 10.7 Å². The standard InChI is InChI=1S/C18H12ClFN6O2/c19-11-2-1-3-13(8-11)22-15(27)9-25-10-21-17-16(18(25)28)23-24-26(17)14-6-4-12(20)5-7-14/h1-8,10H,9H2,(H,22,27). The summed E-state index contributed by atoms with van der Waals surface area (Å²) in [4.78, 5) is 29.0. The second kappa shape index (κ2) is 7.20. The predicted molar refractivity (Wildman–Crippen MR) is 101 cm³/mol. The Bertz CT molecular complexity index is 1240. The molecule has 2 aromatic heterocycles. The molecule has 10 heteroatoms. The minimum atomic E-state index is -0.514. The van der Waals surface area contributed by atoms with Crippen molar-refractivity contribution in [3.8, 4) is 5.69 Å². The van der Waals surface area contributed by atoms with Crippen LogP contribution in [-0.4, -0.2) is 30.5 Å². The average molecular weight is 399 g/mol. The zero-order valence-electron chi connectivity index (χ0n) is 14.2. The van der Waals surface area contributed by atoms with E-state index >= 15 is 0 Å². The second-order valence-electron chi connectivity index (χ2n) is 5.89. The number of anilines is 1. The van der Waals surface area contributed by atoms with Gasteiger partial charge in [0.2, 0.25) is 5.91 Å². The first-order valence-corrected chi connectivity index (χ1v) is 8.51. The zero-order chi connectivity index (χ0) is 19.7. The van der Waals surface area contributed by atoms with Crippen LogP contribution in [0.15, 0.2) is 59.7 Å². The molecule has 2 aromatic carbocycles. The first kappa shape index (κ1) is 17.8. The quantitative estimate of drug-likeness (QED) is 0.569. The number of fused-ring (bicyclic) bond motifs is 1. The van der Waals surface area contributed by atoms with Gasteiger partial charge in [-0.2, -0.15) is 4.68 Å². The molecule has 0 aliphatic rings. The lowest BCUT2D eigenvalue weighted by molar-refractivity contribution is -0.116. The van der Waals surface area contributed by atoms with Gasteiger partial charge >= 0.3 is 0 Å². The number of hydrogen-bond acceptors (Lipinski definition) is 5. The summed E-state index contributed by atoms with van der Waals surface area (Å²) < 4.78 is 15.6. The summed E-state index contributed by atoms with van der Waals surface area (Å²) in [6, 6.07) is 12.2. The lowest BCUT2D eigenvalue weighted by atomic mass is 10.3. The summed E-state index contributed by atoms with van der Waals surface area (Å²) in [7, 11) is 0. The van der Waals surface area contributed by atoms with Crippen molar-refractivity contribution < 1.29 is 9.18 Å². The molecule has 0 radical (unpaired) electrons. The maximum Gasteiger partial charge on any atom is 0.284 e. The monoisotopic (exact) mass is 398 g/mol. The first-order valence-electron chi connectivity index (χ1n) is 8.13. The number of halogens is 2. The average Bonchev–Trinajstić information content (AvgIpc) is 3.09. The van der Waals surface area contributed by atoms with Crippen molar-refractivity contribution in [3.05, 3.63) is 76.1 Å². The molecule has 0 aliphatic carbocycles. The van der Waals surface area contributed by atoms with E-state index in [4.69, 9.17) is 11.6 Å². The van der Waals surface area contributed by atoms with Crippen LogP contribution >= 0.6 is 11.6 Å². The molecular formula is C18H12ClFN6O2. The van der Waals surface area contributed by atoms with Crippen LogP contribution < -0.4 is 10.9 Å². The van der Waals surface area contributed by atoms with Crippen molar-refractivity contribution in [2.75, 3.05) is 5.32 Å². The van der Waals surface area contributed by atoms with Gasteiger partial charge in [-0.05, 0) is 42.5 Å². The molecule has 0 fully saturated rings. The smallest absolute Gasteiger partial charge is 0.284 e. The molecule has 0 atom stereocenters. The number of aromatic nitrogens is 5. The van der Waals surface area contributed by atoms with E-state index in [-0.39, 0.29) is 17.7 Å². The SMILES string of the molecule is O=C(Cn1cnc2c(nnn2-c2ccc(F)cc2)c1=O)Nc1cccc(Cl)c1. The van der Waals surface area contributed by atoms with Gasteiger partial charge in [-0.3, -0.25) is 14.2 Å². The van der Waals surface area contributed by atoms with Gasteiger partial charge in [0.05, 0.1) is 5.69 Å². The number of benzene rings is 2. The van der Waals surface area contributed by atoms with E-state index in [1.165, 1.54) is 35.3 Å². The summed E-state index contributed by atoms with van der Waals surface area (Å²) in [5, 5.41) is 10.9. The molecule has 0 spiro atoms. The van der Waals surface area contributed by atoms with Crippen LogP contribution in [-0.2, 0) is 11.3 Å². The molecule has 0 saturated heterocycles. The largest absolute Gasteiger partial charge is 0.324 e. The molecule has 0 bridgehead atoms. The molecule has 0 saturated carbocycles. The van der Waals surface area contributed by atoms with Crippen LogP contribution in [0.25, 0.3) is 16.9 Å². The summed E-state index contributed by atoms with van der Waals surface area (Å²) in [5.74, 6) is -0.814. The maximum atomic E-state index is 13.1. The van der Waals surface area contributed by atoms with Crippen molar-refractivity contribution in [2.24, 2.45) is 0 Å². The molecule has 28 heavy (non-hydrogen) atoms. The Morgan fingerprint density at radius 3 is 2.71 bits per heavy atom.